The van der Waals surface area contributed by atoms with Crippen LogP contribution in [0.3, 0.4) is 0 Å². The lowest BCUT2D eigenvalue weighted by Gasteiger charge is -2.18. The van der Waals surface area contributed by atoms with E-state index in [2.05, 4.69) is 12.2 Å². The van der Waals surface area contributed by atoms with Crippen LogP contribution in [0, 0.1) is 0 Å². The van der Waals surface area contributed by atoms with Crippen LogP contribution in [0.15, 0.2) is 42.5 Å². The normalized spacial score (nSPS) is 13.5. The molecule has 0 atom stereocenters. The molecular formula is C21H21ClN2O4. The Hall–Kier alpha value is -2.86. The number of anilines is 2. The molecule has 3 rings (SSSR count). The number of nitrogens with one attached hydrogen (secondary N) is 1. The number of carbonyl (C=O) groups excluding carboxylic acids is 3. The number of rotatable bonds is 6. The maximum atomic E-state index is 12.3. The van der Waals surface area contributed by atoms with Crippen molar-refractivity contribution in [3.05, 3.63) is 58.6 Å². The third-order valence-electron chi connectivity index (χ3n) is 4.53. The van der Waals surface area contributed by atoms with E-state index in [4.69, 9.17) is 16.3 Å². The van der Waals surface area contributed by atoms with Gasteiger partial charge in [0.25, 0.3) is 5.91 Å². The van der Waals surface area contributed by atoms with Gasteiger partial charge in [0.1, 0.15) is 0 Å². The Morgan fingerprint density at radius 2 is 1.93 bits per heavy atom. The van der Waals surface area contributed by atoms with E-state index in [1.165, 1.54) is 17.7 Å². The molecule has 1 heterocycles. The summed E-state index contributed by atoms with van der Waals surface area (Å²) in [6, 6.07) is 12.0. The number of nitrogens with zero attached hydrogens (tertiary/aromatic N) is 1. The number of aryl methyl sites for hydroxylation is 1. The number of esters is 1. The maximum absolute atomic E-state index is 12.3. The summed E-state index contributed by atoms with van der Waals surface area (Å²) in [6.07, 6.45) is 2.13. The summed E-state index contributed by atoms with van der Waals surface area (Å²) in [5, 5.41) is 3.07. The maximum Gasteiger partial charge on any atom is 0.338 e. The molecule has 1 fully saturated rings. The predicted octanol–water partition coefficient (Wildman–Crippen LogP) is 3.82. The molecule has 1 N–H and O–H groups in total. The van der Waals surface area contributed by atoms with Crippen molar-refractivity contribution in [1.82, 2.24) is 0 Å². The van der Waals surface area contributed by atoms with Gasteiger partial charge in [0.15, 0.2) is 6.61 Å². The van der Waals surface area contributed by atoms with Crippen LogP contribution in [0.25, 0.3) is 0 Å². The molecule has 1 aliphatic rings. The fourth-order valence-electron chi connectivity index (χ4n) is 2.98. The van der Waals surface area contributed by atoms with E-state index in [-0.39, 0.29) is 11.5 Å². The van der Waals surface area contributed by atoms with Crippen molar-refractivity contribution in [3.63, 3.8) is 0 Å². The second-order valence-corrected chi connectivity index (χ2v) is 6.90. The van der Waals surface area contributed by atoms with Crippen LogP contribution in [0.4, 0.5) is 11.4 Å². The molecule has 0 spiro atoms. The summed E-state index contributed by atoms with van der Waals surface area (Å²) in [7, 11) is 0. The van der Waals surface area contributed by atoms with Gasteiger partial charge in [-0.2, -0.15) is 0 Å². The Kier molecular flexibility index (Phi) is 6.31. The van der Waals surface area contributed by atoms with Crippen molar-refractivity contribution in [3.8, 4) is 0 Å². The fourth-order valence-corrected chi connectivity index (χ4v) is 3.20. The average molecular weight is 401 g/mol. The van der Waals surface area contributed by atoms with E-state index in [0.717, 1.165) is 12.8 Å². The average Bonchev–Trinajstić information content (AvgIpc) is 3.13. The van der Waals surface area contributed by atoms with E-state index in [0.29, 0.717) is 29.4 Å². The third kappa shape index (κ3) is 4.70. The molecule has 0 saturated carbocycles. The third-order valence-corrected chi connectivity index (χ3v) is 4.85. The molecule has 1 aliphatic heterocycles. The van der Waals surface area contributed by atoms with Gasteiger partial charge >= 0.3 is 5.97 Å². The number of halogens is 1. The summed E-state index contributed by atoms with van der Waals surface area (Å²) in [5.41, 5.74) is 2.53. The first-order valence-electron chi connectivity index (χ1n) is 9.13. The minimum Gasteiger partial charge on any atom is -0.452 e. The molecule has 7 heteroatoms. The standard InChI is InChI=1S/C21H21ClN2O4/c1-2-14-5-8-16(9-6-14)23-19(25)13-28-21(27)15-7-10-17(22)18(12-15)24-11-3-4-20(24)26/h5-10,12H,2-4,11,13H2,1H3,(H,23,25). The van der Waals surface area contributed by atoms with Crippen LogP contribution in [-0.2, 0) is 20.7 Å². The monoisotopic (exact) mass is 400 g/mol. The van der Waals surface area contributed by atoms with Crippen LogP contribution < -0.4 is 10.2 Å². The van der Waals surface area contributed by atoms with Gasteiger partial charge in [0.05, 0.1) is 16.3 Å². The highest BCUT2D eigenvalue weighted by Gasteiger charge is 2.24. The lowest BCUT2D eigenvalue weighted by atomic mass is 10.1. The van der Waals surface area contributed by atoms with Crippen molar-refractivity contribution in [2.75, 3.05) is 23.4 Å². The molecular weight excluding hydrogens is 380 g/mol. The number of carbonyl (C=O) groups is 3. The van der Waals surface area contributed by atoms with Gasteiger partial charge in [0.2, 0.25) is 5.91 Å². The first kappa shape index (κ1) is 19.9. The van der Waals surface area contributed by atoms with Crippen LogP contribution >= 0.6 is 11.6 Å². The minimum absolute atomic E-state index is 0.0270. The Morgan fingerprint density at radius 3 is 2.57 bits per heavy atom. The number of hydrogen-bond donors (Lipinski definition) is 1. The SMILES string of the molecule is CCc1ccc(NC(=O)COC(=O)c2ccc(Cl)c(N3CCCC3=O)c2)cc1. The quantitative estimate of drug-likeness (QED) is 0.748. The highest BCUT2D eigenvalue weighted by molar-refractivity contribution is 6.34. The number of ether oxygens (including phenoxy) is 1. The summed E-state index contributed by atoms with van der Waals surface area (Å²) < 4.78 is 5.09. The molecule has 2 aromatic rings. The van der Waals surface area contributed by atoms with Crippen LogP contribution in [0.2, 0.25) is 5.02 Å². The molecule has 2 amide bonds. The lowest BCUT2D eigenvalue weighted by Crippen LogP contribution is -2.24. The lowest BCUT2D eigenvalue weighted by molar-refractivity contribution is -0.119. The smallest absolute Gasteiger partial charge is 0.338 e. The van der Waals surface area contributed by atoms with Crippen molar-refractivity contribution in [2.45, 2.75) is 26.2 Å². The molecule has 2 aromatic carbocycles. The van der Waals surface area contributed by atoms with Crippen LogP contribution in [0.1, 0.15) is 35.7 Å². The van der Waals surface area contributed by atoms with Gasteiger partial charge in [-0.25, -0.2) is 4.79 Å². The molecule has 28 heavy (non-hydrogen) atoms. The fraction of sp³-hybridized carbons (Fsp3) is 0.286. The van der Waals surface area contributed by atoms with Gasteiger partial charge in [-0.05, 0) is 48.7 Å². The van der Waals surface area contributed by atoms with E-state index in [1.54, 1.807) is 23.1 Å². The first-order chi connectivity index (χ1) is 13.5. The van der Waals surface area contributed by atoms with Gasteiger partial charge < -0.3 is 15.0 Å². The Balaban J connectivity index is 1.59. The van der Waals surface area contributed by atoms with Crippen LogP contribution in [-0.4, -0.2) is 30.9 Å². The molecule has 0 aliphatic carbocycles. The molecule has 0 bridgehead atoms. The van der Waals surface area contributed by atoms with Gasteiger partial charge in [-0.3, -0.25) is 9.59 Å². The highest BCUT2D eigenvalue weighted by atomic mass is 35.5. The first-order valence-corrected chi connectivity index (χ1v) is 9.51. The van der Waals surface area contributed by atoms with Gasteiger partial charge in [0, 0.05) is 18.7 Å². The van der Waals surface area contributed by atoms with Crippen molar-refractivity contribution in [2.24, 2.45) is 0 Å². The van der Waals surface area contributed by atoms with E-state index >= 15 is 0 Å². The molecule has 0 radical (unpaired) electrons. The largest absolute Gasteiger partial charge is 0.452 e. The summed E-state index contributed by atoms with van der Waals surface area (Å²) in [5.74, 6) is -1.11. The Bertz CT molecular complexity index is 896. The predicted molar refractivity (Wildman–Crippen MR) is 108 cm³/mol. The molecule has 0 unspecified atom stereocenters. The van der Waals surface area contributed by atoms with Crippen molar-refractivity contribution < 1.29 is 19.1 Å². The second-order valence-electron chi connectivity index (χ2n) is 6.49. The summed E-state index contributed by atoms with van der Waals surface area (Å²) in [4.78, 5) is 37.8. The van der Waals surface area contributed by atoms with Crippen LogP contribution in [0.5, 0.6) is 0 Å². The zero-order valence-corrected chi connectivity index (χ0v) is 16.3. The molecule has 1 saturated heterocycles. The highest BCUT2D eigenvalue weighted by Crippen LogP contribution is 2.30. The Labute approximate surface area is 168 Å². The molecule has 146 valence electrons. The number of amides is 2. The van der Waals surface area contributed by atoms with E-state index < -0.39 is 18.5 Å². The van der Waals surface area contributed by atoms with E-state index in [1.807, 2.05) is 12.1 Å². The summed E-state index contributed by atoms with van der Waals surface area (Å²) in [6.45, 7) is 2.21. The minimum atomic E-state index is -0.652. The zero-order valence-electron chi connectivity index (χ0n) is 15.5. The summed E-state index contributed by atoms with van der Waals surface area (Å²) >= 11 is 6.18. The molecule has 0 aromatic heterocycles. The zero-order chi connectivity index (χ0) is 20.1. The second kappa shape index (κ2) is 8.89. The molecule has 6 nitrogen and oxygen atoms in total. The number of benzene rings is 2. The van der Waals surface area contributed by atoms with Crippen molar-refractivity contribution in [1.29, 1.82) is 0 Å². The van der Waals surface area contributed by atoms with Gasteiger partial charge in [-0.15, -0.1) is 0 Å². The van der Waals surface area contributed by atoms with E-state index in [9.17, 15) is 14.4 Å². The Morgan fingerprint density at radius 1 is 1.18 bits per heavy atom. The van der Waals surface area contributed by atoms with Gasteiger partial charge in [-0.1, -0.05) is 30.7 Å². The van der Waals surface area contributed by atoms with Crippen molar-refractivity contribution >= 4 is 40.8 Å². The topological polar surface area (TPSA) is 75.7 Å². The number of hydrogen-bond acceptors (Lipinski definition) is 4.